The summed E-state index contributed by atoms with van der Waals surface area (Å²) in [6, 6.07) is 11.1. The molecule has 0 fully saturated rings. The van der Waals surface area contributed by atoms with Crippen LogP contribution in [-0.2, 0) is 45.8 Å². The number of aromatic nitrogens is 22. The molecule has 0 amide bonds. The summed E-state index contributed by atoms with van der Waals surface area (Å²) >= 11 is 0. The summed E-state index contributed by atoms with van der Waals surface area (Å²) in [4.78, 5) is 53.3. The van der Waals surface area contributed by atoms with Gasteiger partial charge in [0, 0.05) is 214 Å². The molecule has 13 rings (SSSR count). The minimum atomic E-state index is 0.311. The fourth-order valence-corrected chi connectivity index (χ4v) is 7.80. The number of pyridine rings is 1. The van der Waals surface area contributed by atoms with E-state index < -0.39 is 0 Å². The number of likely N-dealkylation sites (N-methyl/N-ethyl adjacent to an activating group) is 2. The zero-order valence-electron chi connectivity index (χ0n) is 65.2. The number of nitrogen functional groups attached to an aromatic ring is 3. The van der Waals surface area contributed by atoms with E-state index in [0.717, 1.165) is 123 Å². The number of rotatable bonds is 14. The number of hydrogen-bond acceptors (Lipinski definition) is 30. The van der Waals surface area contributed by atoms with Crippen LogP contribution in [0.15, 0.2) is 163 Å². The standard InChI is InChI=1S/C7H10N2.2C6H10N4.C6H11N3.C6H13N3.C5H11N3.C5H9N3.C5H10N2.2C5H8N2.3C4H7N3/c1-9(2)7-3-5-8-6-4-7;1-10(2)5-3-4-8-6(7)9-5;1-10(2)6-8-4-3-5(7)9-6;1-3-9-5-4-8-6(9)7-2;1-2-9-5-3-4-8-6(9)7;1-2-8-4-3-7-5(8)6;1-2-8-4-3-5(6)7-8;2*1-2-7-4-3-6-5-7;1-2-7-5-3-4-6-7;1-2-7-3-5-6-4-7;1-2-7-4-3-5-6-7;1-2-7-5-3-4-6-7/h3-6H,1-2H3;2*3-4H,1-2H3,(H2,7,8,9);4-5H,3H2,1-2H3,(H,7,8);2-5H2,1H3,(H2,7,8);2-4H2,1H3,(H2,6,7);3-4H,2H2,1H3,(H2,6,7);5H,2-4H2,1H3;2*3-5H,2H2,1H3;3*3-4H,2H2,1H3. The zero-order chi connectivity index (χ0) is 77.8. The SMILES string of the molecule is CCN1C=NCC1.CCN1CCCN=C1N.CCN1CCN=C1N.CCn1ccc(N)n1.CCn1cccn1.CCn1ccnc1.CCn1ccnc1NC.CCn1ccnn1.CCn1cnnc1.CCn1nccn1.CN(C)c1ccnc(N)n1.CN(C)c1ccncc1.CN(C)c1nccc(N)n1. The lowest BCUT2D eigenvalue weighted by Gasteiger charge is -2.24. The van der Waals surface area contributed by atoms with Crippen LogP contribution in [0.5, 0.6) is 0 Å². The summed E-state index contributed by atoms with van der Waals surface area (Å²) in [6.07, 6.45) is 35.0. The number of nitrogens with two attached hydrogens (primary N) is 5. The van der Waals surface area contributed by atoms with Crippen molar-refractivity contribution < 1.29 is 0 Å². The summed E-state index contributed by atoms with van der Waals surface area (Å²) in [5, 5.41) is 33.1. The second kappa shape index (κ2) is 57.8. The molecule has 3 aliphatic heterocycles. The Hall–Kier alpha value is -11.8. The van der Waals surface area contributed by atoms with Gasteiger partial charge in [-0.3, -0.25) is 34.0 Å². The van der Waals surface area contributed by atoms with Gasteiger partial charge in [0.1, 0.15) is 30.1 Å². The summed E-state index contributed by atoms with van der Waals surface area (Å²) < 4.78 is 11.4. The van der Waals surface area contributed by atoms with E-state index in [1.807, 2.05) is 161 Å². The predicted octanol–water partition coefficient (Wildman–Crippen LogP) is 5.54. The second-order valence-electron chi connectivity index (χ2n) is 22.0. The van der Waals surface area contributed by atoms with Gasteiger partial charge in [0.2, 0.25) is 17.8 Å². The summed E-state index contributed by atoms with van der Waals surface area (Å²) in [7, 11) is 13.4. The molecular weight excluding hydrogens is 1340 g/mol. The first-order valence-electron chi connectivity index (χ1n) is 35.0. The second-order valence-corrected chi connectivity index (χ2v) is 22.0. The van der Waals surface area contributed by atoms with E-state index >= 15 is 0 Å². The van der Waals surface area contributed by atoms with Crippen LogP contribution in [0.2, 0.25) is 0 Å². The highest BCUT2D eigenvalue weighted by atomic mass is 15.5. The van der Waals surface area contributed by atoms with Gasteiger partial charge < -0.3 is 77.1 Å². The molecule has 13 heterocycles. The molecule has 11 N–H and O–H groups in total. The molecule has 0 atom stereocenters. The molecule has 0 aromatic carbocycles. The quantitative estimate of drug-likeness (QED) is 0.0778. The van der Waals surface area contributed by atoms with Gasteiger partial charge in [-0.25, -0.2) is 19.9 Å². The highest BCUT2D eigenvalue weighted by Gasteiger charge is 2.10. The van der Waals surface area contributed by atoms with Crippen LogP contribution >= 0.6 is 0 Å². The molecule has 10 aromatic heterocycles. The Balaban J connectivity index is 0.000000570. The Morgan fingerprint density at radius 2 is 1.11 bits per heavy atom. The lowest BCUT2D eigenvalue weighted by Crippen LogP contribution is -2.40. The highest BCUT2D eigenvalue weighted by molar-refractivity contribution is 5.79. The van der Waals surface area contributed by atoms with Gasteiger partial charge in [0.25, 0.3) is 0 Å². The molecule has 0 radical (unpaired) electrons. The maximum absolute atomic E-state index is 5.57. The van der Waals surface area contributed by atoms with Crippen LogP contribution in [0, 0.1) is 0 Å². The minimum Gasteiger partial charge on any atom is -0.384 e. The number of nitrogens with one attached hydrogen (secondary N) is 1. The van der Waals surface area contributed by atoms with Gasteiger partial charge in [-0.15, -0.1) is 15.3 Å². The fraction of sp³-hybridized carbons (Fsp3) is 0.500. The number of guanidine groups is 2. The van der Waals surface area contributed by atoms with Gasteiger partial charge in [-0.1, -0.05) is 5.21 Å². The first-order chi connectivity index (χ1) is 50.7. The first-order valence-corrected chi connectivity index (χ1v) is 35.0. The molecule has 37 nitrogen and oxygen atoms in total. The minimum absolute atomic E-state index is 0.311. The van der Waals surface area contributed by atoms with Crippen molar-refractivity contribution >= 4 is 59.2 Å². The highest BCUT2D eigenvalue weighted by Crippen LogP contribution is 2.07. The van der Waals surface area contributed by atoms with Gasteiger partial charge >= 0.3 is 0 Å². The molecule has 0 spiro atoms. The van der Waals surface area contributed by atoms with E-state index in [1.54, 1.807) is 118 Å². The summed E-state index contributed by atoms with van der Waals surface area (Å²) in [6.45, 7) is 36.2. The Kier molecular flexibility index (Phi) is 50.2. The van der Waals surface area contributed by atoms with Crippen molar-refractivity contribution in [2.75, 3.05) is 145 Å². The molecule has 0 unspecified atom stereocenters. The van der Waals surface area contributed by atoms with Crippen LogP contribution in [-0.4, -0.2) is 250 Å². The Labute approximate surface area is 621 Å². The lowest BCUT2D eigenvalue weighted by molar-refractivity contribution is 0.408. The third kappa shape index (κ3) is 42.9. The van der Waals surface area contributed by atoms with Crippen LogP contribution in [0.1, 0.15) is 75.7 Å². The van der Waals surface area contributed by atoms with Crippen molar-refractivity contribution in [2.24, 2.45) is 26.4 Å². The molecule has 10 aromatic rings. The maximum atomic E-state index is 5.57. The molecule has 3 aliphatic rings. The van der Waals surface area contributed by atoms with Crippen molar-refractivity contribution in [2.45, 2.75) is 121 Å². The molecule has 0 bridgehead atoms. The maximum Gasteiger partial charge on any atom is 0.226 e. The number of imidazole rings is 2. The summed E-state index contributed by atoms with van der Waals surface area (Å²) in [5.41, 5.74) is 28.3. The van der Waals surface area contributed by atoms with Crippen LogP contribution in [0.3, 0.4) is 0 Å². The van der Waals surface area contributed by atoms with E-state index in [2.05, 4.69) is 152 Å². The first kappa shape index (κ1) is 91.2. The predicted molar refractivity (Wildman–Crippen MR) is 425 cm³/mol. The third-order valence-electron chi connectivity index (χ3n) is 13.9. The van der Waals surface area contributed by atoms with Crippen molar-refractivity contribution in [3.05, 3.63) is 148 Å². The lowest BCUT2D eigenvalue weighted by atomic mass is 10.3. The molecule has 0 saturated carbocycles. The van der Waals surface area contributed by atoms with Gasteiger partial charge in [0.15, 0.2) is 11.9 Å². The Bertz CT molecular complexity index is 3350. The monoisotopic (exact) mass is 1460 g/mol. The smallest absolute Gasteiger partial charge is 0.226 e. The average molecular weight is 1460 g/mol. The average Bonchev–Trinajstić information content (AvgIpc) is 1.90. The fourth-order valence-electron chi connectivity index (χ4n) is 7.80. The van der Waals surface area contributed by atoms with Gasteiger partial charge in [0.05, 0.1) is 50.9 Å². The topological polar surface area (TPSA) is 427 Å². The van der Waals surface area contributed by atoms with Gasteiger partial charge in [-0.2, -0.15) is 35.2 Å². The Morgan fingerprint density at radius 3 is 1.45 bits per heavy atom. The number of anilines is 7. The number of nitrogens with zero attached hydrogens (tertiary/aromatic N) is 31. The van der Waals surface area contributed by atoms with Crippen LogP contribution < -0.4 is 48.7 Å². The third-order valence-corrected chi connectivity index (χ3v) is 13.9. The Morgan fingerprint density at radius 1 is 0.457 bits per heavy atom. The van der Waals surface area contributed by atoms with E-state index in [9.17, 15) is 0 Å². The molecule has 105 heavy (non-hydrogen) atoms. The van der Waals surface area contributed by atoms with E-state index in [1.165, 1.54) is 5.69 Å². The molecule has 0 aliphatic carbocycles. The number of aliphatic imine (C=N–C) groups is 3. The van der Waals surface area contributed by atoms with Crippen molar-refractivity contribution in [3.8, 4) is 0 Å². The van der Waals surface area contributed by atoms with Crippen molar-refractivity contribution in [3.63, 3.8) is 0 Å². The molecular formula is C68H121N37. The zero-order valence-corrected chi connectivity index (χ0v) is 65.2. The molecule has 578 valence electrons. The van der Waals surface area contributed by atoms with Crippen molar-refractivity contribution in [1.82, 2.24) is 123 Å². The van der Waals surface area contributed by atoms with Crippen molar-refractivity contribution in [1.29, 1.82) is 0 Å². The van der Waals surface area contributed by atoms with Gasteiger partial charge in [-0.05, 0) is 112 Å². The van der Waals surface area contributed by atoms with E-state index in [4.69, 9.17) is 28.7 Å². The number of hydrogen-bond donors (Lipinski definition) is 6. The van der Waals surface area contributed by atoms with Crippen LogP contribution in [0.4, 0.5) is 41.0 Å². The normalized spacial score (nSPS) is 11.6. The summed E-state index contributed by atoms with van der Waals surface area (Å²) in [5.74, 6) is 5.21. The molecule has 0 saturated heterocycles. The van der Waals surface area contributed by atoms with Crippen LogP contribution in [0.25, 0.3) is 0 Å². The number of aryl methyl sites for hydroxylation is 7. The van der Waals surface area contributed by atoms with E-state index in [0.29, 0.717) is 35.5 Å². The largest absolute Gasteiger partial charge is 0.384 e. The van der Waals surface area contributed by atoms with E-state index in [-0.39, 0.29) is 0 Å². The molecule has 37 heteroatoms.